The zero-order chi connectivity index (χ0) is 11.7. The van der Waals surface area contributed by atoms with Crippen LogP contribution < -0.4 is 0 Å². The predicted octanol–water partition coefficient (Wildman–Crippen LogP) is 1.15. The Morgan fingerprint density at radius 3 is 2.62 bits per heavy atom. The van der Waals surface area contributed by atoms with Gasteiger partial charge < -0.3 is 10.0 Å². The van der Waals surface area contributed by atoms with Crippen LogP contribution in [0.1, 0.15) is 15.9 Å². The van der Waals surface area contributed by atoms with Crippen LogP contribution in [-0.4, -0.2) is 35.0 Å². The molecule has 1 aliphatic rings. The Morgan fingerprint density at radius 2 is 2.06 bits per heavy atom. The van der Waals surface area contributed by atoms with Crippen molar-refractivity contribution in [2.45, 2.75) is 6.92 Å². The molecular weight excluding hydrogens is 206 g/mol. The summed E-state index contributed by atoms with van der Waals surface area (Å²) in [6.45, 7) is 2.57. The SMILES string of the molecule is Cc1cccc(C(=O)N2CC(C(=O)O)C2)c1. The third-order valence-corrected chi connectivity index (χ3v) is 2.78. The third-order valence-electron chi connectivity index (χ3n) is 2.78. The fourth-order valence-corrected chi connectivity index (χ4v) is 1.76. The van der Waals surface area contributed by atoms with Gasteiger partial charge in [0.2, 0.25) is 0 Å². The van der Waals surface area contributed by atoms with Crippen LogP contribution in [0.25, 0.3) is 0 Å². The molecule has 0 aromatic heterocycles. The van der Waals surface area contributed by atoms with Gasteiger partial charge in [0.15, 0.2) is 0 Å². The number of carboxylic acid groups (broad SMARTS) is 1. The van der Waals surface area contributed by atoms with Gasteiger partial charge in [0.05, 0.1) is 5.92 Å². The average Bonchev–Trinajstić information content (AvgIpc) is 2.14. The fraction of sp³-hybridized carbons (Fsp3) is 0.333. The molecule has 0 aliphatic carbocycles. The van der Waals surface area contributed by atoms with Crippen molar-refractivity contribution in [1.29, 1.82) is 0 Å². The quantitative estimate of drug-likeness (QED) is 0.811. The Bertz CT molecular complexity index is 436. The maximum atomic E-state index is 11.9. The van der Waals surface area contributed by atoms with E-state index in [0.717, 1.165) is 5.56 Å². The van der Waals surface area contributed by atoms with Crippen molar-refractivity contribution >= 4 is 11.9 Å². The second-order valence-corrected chi connectivity index (χ2v) is 4.11. The summed E-state index contributed by atoms with van der Waals surface area (Å²) in [5.41, 5.74) is 1.66. The smallest absolute Gasteiger partial charge is 0.310 e. The summed E-state index contributed by atoms with van der Waals surface area (Å²) >= 11 is 0. The van der Waals surface area contributed by atoms with Crippen LogP contribution in [0.15, 0.2) is 24.3 Å². The zero-order valence-corrected chi connectivity index (χ0v) is 9.01. The lowest BCUT2D eigenvalue weighted by Crippen LogP contribution is -2.53. The maximum Gasteiger partial charge on any atom is 0.310 e. The van der Waals surface area contributed by atoms with Crippen LogP contribution >= 0.6 is 0 Å². The number of carboxylic acids is 1. The standard InChI is InChI=1S/C12H13NO3/c1-8-3-2-4-9(5-8)11(14)13-6-10(7-13)12(15)16/h2-5,10H,6-7H2,1H3,(H,15,16). The molecule has 1 aliphatic heterocycles. The summed E-state index contributed by atoms with van der Waals surface area (Å²) in [7, 11) is 0. The number of rotatable bonds is 2. The van der Waals surface area contributed by atoms with Crippen molar-refractivity contribution in [2.75, 3.05) is 13.1 Å². The number of aryl methyl sites for hydroxylation is 1. The van der Waals surface area contributed by atoms with Gasteiger partial charge in [-0.1, -0.05) is 17.7 Å². The molecule has 2 rings (SSSR count). The van der Waals surface area contributed by atoms with E-state index in [1.807, 2.05) is 25.1 Å². The first-order chi connectivity index (χ1) is 7.58. The van der Waals surface area contributed by atoms with Gasteiger partial charge in [-0.25, -0.2) is 0 Å². The predicted molar refractivity (Wildman–Crippen MR) is 58.2 cm³/mol. The lowest BCUT2D eigenvalue weighted by atomic mass is 9.99. The van der Waals surface area contributed by atoms with E-state index in [1.165, 1.54) is 0 Å². The van der Waals surface area contributed by atoms with Gasteiger partial charge >= 0.3 is 5.97 Å². The Hall–Kier alpha value is -1.84. The van der Waals surface area contributed by atoms with Crippen molar-refractivity contribution in [2.24, 2.45) is 5.92 Å². The molecule has 84 valence electrons. The van der Waals surface area contributed by atoms with Crippen LogP contribution in [0.5, 0.6) is 0 Å². The van der Waals surface area contributed by atoms with E-state index < -0.39 is 11.9 Å². The summed E-state index contributed by atoms with van der Waals surface area (Å²) in [4.78, 5) is 24.0. The topological polar surface area (TPSA) is 57.6 Å². The monoisotopic (exact) mass is 219 g/mol. The highest BCUT2D eigenvalue weighted by atomic mass is 16.4. The van der Waals surface area contributed by atoms with Crippen LogP contribution in [-0.2, 0) is 4.79 Å². The number of likely N-dealkylation sites (tertiary alicyclic amines) is 1. The molecule has 4 nitrogen and oxygen atoms in total. The molecule has 1 amide bonds. The molecule has 0 unspecified atom stereocenters. The molecule has 1 aromatic carbocycles. The van der Waals surface area contributed by atoms with Gasteiger partial charge in [-0.2, -0.15) is 0 Å². The fourth-order valence-electron chi connectivity index (χ4n) is 1.76. The molecule has 0 atom stereocenters. The first-order valence-corrected chi connectivity index (χ1v) is 5.16. The summed E-state index contributed by atoms with van der Waals surface area (Å²) in [5, 5.41) is 8.71. The molecule has 1 aromatic rings. The minimum atomic E-state index is -0.826. The van der Waals surface area contributed by atoms with E-state index in [1.54, 1.807) is 11.0 Å². The van der Waals surface area contributed by atoms with Gasteiger partial charge in [0, 0.05) is 18.7 Å². The first-order valence-electron chi connectivity index (χ1n) is 5.16. The van der Waals surface area contributed by atoms with E-state index in [-0.39, 0.29) is 5.91 Å². The molecule has 4 heteroatoms. The lowest BCUT2D eigenvalue weighted by Gasteiger charge is -2.36. The highest BCUT2D eigenvalue weighted by Gasteiger charge is 2.35. The average molecular weight is 219 g/mol. The number of hydrogen-bond acceptors (Lipinski definition) is 2. The molecule has 1 saturated heterocycles. The number of hydrogen-bond donors (Lipinski definition) is 1. The molecule has 0 saturated carbocycles. The minimum absolute atomic E-state index is 0.0822. The zero-order valence-electron chi connectivity index (χ0n) is 9.01. The Balaban J connectivity index is 2.03. The molecule has 0 bridgehead atoms. The highest BCUT2D eigenvalue weighted by molar-refractivity contribution is 5.95. The molecule has 0 spiro atoms. The van der Waals surface area contributed by atoms with Crippen LogP contribution in [0, 0.1) is 12.8 Å². The Kier molecular flexibility index (Phi) is 2.64. The molecule has 0 radical (unpaired) electrons. The molecular formula is C12H13NO3. The van der Waals surface area contributed by atoms with Crippen molar-refractivity contribution in [3.8, 4) is 0 Å². The van der Waals surface area contributed by atoms with E-state index in [4.69, 9.17) is 5.11 Å². The van der Waals surface area contributed by atoms with Crippen molar-refractivity contribution in [3.63, 3.8) is 0 Å². The van der Waals surface area contributed by atoms with Gasteiger partial charge in [-0.15, -0.1) is 0 Å². The lowest BCUT2D eigenvalue weighted by molar-refractivity contribution is -0.146. The second kappa shape index (κ2) is 3.96. The van der Waals surface area contributed by atoms with Gasteiger partial charge in [0.1, 0.15) is 0 Å². The largest absolute Gasteiger partial charge is 0.481 e. The van der Waals surface area contributed by atoms with Crippen molar-refractivity contribution in [3.05, 3.63) is 35.4 Å². The van der Waals surface area contributed by atoms with E-state index in [9.17, 15) is 9.59 Å². The summed E-state index contributed by atoms with van der Waals surface area (Å²) < 4.78 is 0. The summed E-state index contributed by atoms with van der Waals surface area (Å²) in [6, 6.07) is 7.32. The highest BCUT2D eigenvalue weighted by Crippen LogP contribution is 2.19. The van der Waals surface area contributed by atoms with E-state index in [0.29, 0.717) is 18.7 Å². The first kappa shape index (κ1) is 10.7. The maximum absolute atomic E-state index is 11.9. The third kappa shape index (κ3) is 1.91. The number of benzene rings is 1. The molecule has 16 heavy (non-hydrogen) atoms. The second-order valence-electron chi connectivity index (χ2n) is 4.11. The van der Waals surface area contributed by atoms with Crippen molar-refractivity contribution in [1.82, 2.24) is 4.90 Å². The minimum Gasteiger partial charge on any atom is -0.481 e. The van der Waals surface area contributed by atoms with E-state index >= 15 is 0 Å². The Morgan fingerprint density at radius 1 is 1.38 bits per heavy atom. The normalized spacial score (nSPS) is 15.7. The number of aliphatic carboxylic acids is 1. The van der Waals surface area contributed by atoms with Crippen molar-refractivity contribution < 1.29 is 14.7 Å². The number of carbonyl (C=O) groups excluding carboxylic acids is 1. The van der Waals surface area contributed by atoms with Crippen LogP contribution in [0.4, 0.5) is 0 Å². The van der Waals surface area contributed by atoms with Gasteiger partial charge in [-0.3, -0.25) is 9.59 Å². The number of amides is 1. The summed E-state index contributed by atoms with van der Waals surface area (Å²) in [5.74, 6) is -1.30. The van der Waals surface area contributed by atoms with Gasteiger partial charge in [0.25, 0.3) is 5.91 Å². The molecule has 1 N–H and O–H groups in total. The molecule has 1 heterocycles. The number of nitrogens with zero attached hydrogens (tertiary/aromatic N) is 1. The molecule has 1 fully saturated rings. The van der Waals surface area contributed by atoms with E-state index in [2.05, 4.69) is 0 Å². The number of carbonyl (C=O) groups is 2. The Labute approximate surface area is 93.5 Å². The summed E-state index contributed by atoms with van der Waals surface area (Å²) in [6.07, 6.45) is 0. The van der Waals surface area contributed by atoms with Crippen LogP contribution in [0.2, 0.25) is 0 Å². The van der Waals surface area contributed by atoms with Gasteiger partial charge in [-0.05, 0) is 19.1 Å². The van der Waals surface area contributed by atoms with Crippen LogP contribution in [0.3, 0.4) is 0 Å².